The molecule has 1 aromatic carbocycles. The Bertz CT molecular complexity index is 248. The van der Waals surface area contributed by atoms with Crippen molar-refractivity contribution in [2.24, 2.45) is 0 Å². The number of phenols is 1. The highest BCUT2D eigenvalue weighted by Gasteiger charge is 1.98. The lowest BCUT2D eigenvalue weighted by molar-refractivity contribution is 0.299. The fourth-order valence-corrected chi connectivity index (χ4v) is 0.960. The van der Waals surface area contributed by atoms with Crippen molar-refractivity contribution in [2.75, 3.05) is 6.61 Å². The summed E-state index contributed by atoms with van der Waals surface area (Å²) in [7, 11) is 0. The molecule has 0 bridgehead atoms. The highest BCUT2D eigenvalue weighted by molar-refractivity contribution is 6.31. The van der Waals surface area contributed by atoms with Crippen molar-refractivity contribution < 1.29 is 10.2 Å². The molecule has 0 saturated carbocycles. The Morgan fingerprint density at radius 2 is 2.09 bits per heavy atom. The Hall–Kier alpha value is -0.730. The van der Waals surface area contributed by atoms with Crippen LogP contribution < -0.4 is 0 Å². The first-order valence-corrected chi connectivity index (χ1v) is 3.70. The van der Waals surface area contributed by atoms with Crippen LogP contribution in [-0.2, 0) is 6.42 Å². The molecule has 0 heterocycles. The van der Waals surface area contributed by atoms with Gasteiger partial charge in [-0.25, -0.2) is 0 Å². The zero-order chi connectivity index (χ0) is 8.27. The van der Waals surface area contributed by atoms with Gasteiger partial charge in [0.1, 0.15) is 5.75 Å². The monoisotopic (exact) mass is 172 g/mol. The number of phenolic OH excluding ortho intramolecular Hbond substituents is 1. The van der Waals surface area contributed by atoms with Crippen LogP contribution in [0.4, 0.5) is 0 Å². The molecule has 0 saturated heterocycles. The van der Waals surface area contributed by atoms with E-state index in [9.17, 15) is 0 Å². The van der Waals surface area contributed by atoms with E-state index in [0.717, 1.165) is 5.56 Å². The molecule has 2 N–H and O–H groups in total. The van der Waals surface area contributed by atoms with Crippen LogP contribution in [0.2, 0.25) is 5.02 Å². The minimum atomic E-state index is 0.0672. The summed E-state index contributed by atoms with van der Waals surface area (Å²) in [5, 5.41) is 18.0. The molecule has 0 aliphatic rings. The van der Waals surface area contributed by atoms with E-state index in [-0.39, 0.29) is 12.4 Å². The van der Waals surface area contributed by atoms with Crippen molar-refractivity contribution in [1.29, 1.82) is 0 Å². The third-order valence-electron chi connectivity index (χ3n) is 1.41. The van der Waals surface area contributed by atoms with Gasteiger partial charge in [-0.15, -0.1) is 0 Å². The molecule has 0 radical (unpaired) electrons. The van der Waals surface area contributed by atoms with Crippen LogP contribution >= 0.6 is 11.6 Å². The maximum absolute atomic E-state index is 9.11. The van der Waals surface area contributed by atoms with Gasteiger partial charge in [-0.3, -0.25) is 0 Å². The molecule has 0 unspecified atom stereocenters. The van der Waals surface area contributed by atoms with Crippen molar-refractivity contribution in [2.45, 2.75) is 6.42 Å². The van der Waals surface area contributed by atoms with Crippen LogP contribution in [0, 0.1) is 0 Å². The molecule has 11 heavy (non-hydrogen) atoms. The molecular formula is C8H9ClO2. The largest absolute Gasteiger partial charge is 0.506 e. The standard InChI is InChI=1S/C8H9ClO2/c9-7-2-1-6(3-4-10)5-8(7)11/h1-2,5,10-11H,3-4H2. The van der Waals surface area contributed by atoms with Crippen molar-refractivity contribution in [3.05, 3.63) is 28.8 Å². The van der Waals surface area contributed by atoms with Crippen LogP contribution in [0.15, 0.2) is 18.2 Å². The van der Waals surface area contributed by atoms with E-state index in [1.54, 1.807) is 18.2 Å². The Labute approximate surface area is 70.1 Å². The summed E-state index contributed by atoms with van der Waals surface area (Å²) >= 11 is 5.57. The van der Waals surface area contributed by atoms with E-state index in [2.05, 4.69) is 0 Å². The van der Waals surface area contributed by atoms with E-state index >= 15 is 0 Å². The predicted octanol–water partition coefficient (Wildman–Crippen LogP) is 1.58. The maximum Gasteiger partial charge on any atom is 0.134 e. The smallest absolute Gasteiger partial charge is 0.134 e. The number of benzene rings is 1. The first-order chi connectivity index (χ1) is 5.24. The van der Waals surface area contributed by atoms with Crippen LogP contribution in [-0.4, -0.2) is 16.8 Å². The molecule has 0 fully saturated rings. The van der Waals surface area contributed by atoms with Crippen molar-refractivity contribution in [3.8, 4) is 5.75 Å². The second-order valence-electron chi connectivity index (χ2n) is 2.26. The Kier molecular flexibility index (Phi) is 2.74. The Morgan fingerprint density at radius 1 is 1.36 bits per heavy atom. The van der Waals surface area contributed by atoms with Gasteiger partial charge in [-0.05, 0) is 24.1 Å². The normalized spacial score (nSPS) is 10.0. The van der Waals surface area contributed by atoms with Crippen molar-refractivity contribution >= 4 is 11.6 Å². The number of hydrogen-bond donors (Lipinski definition) is 2. The highest BCUT2D eigenvalue weighted by atomic mass is 35.5. The fourth-order valence-electron chi connectivity index (χ4n) is 0.843. The first-order valence-electron chi connectivity index (χ1n) is 3.32. The van der Waals surface area contributed by atoms with Gasteiger partial charge < -0.3 is 10.2 Å². The highest BCUT2D eigenvalue weighted by Crippen LogP contribution is 2.23. The zero-order valence-electron chi connectivity index (χ0n) is 5.92. The van der Waals surface area contributed by atoms with Crippen molar-refractivity contribution in [3.63, 3.8) is 0 Å². The molecule has 0 aromatic heterocycles. The molecule has 0 aliphatic heterocycles. The number of rotatable bonds is 2. The summed E-state index contributed by atoms with van der Waals surface area (Å²) in [4.78, 5) is 0. The lowest BCUT2D eigenvalue weighted by atomic mass is 10.1. The molecule has 1 rings (SSSR count). The third kappa shape index (κ3) is 2.10. The van der Waals surface area contributed by atoms with E-state index in [0.29, 0.717) is 11.4 Å². The second kappa shape index (κ2) is 3.60. The third-order valence-corrected chi connectivity index (χ3v) is 1.73. The van der Waals surface area contributed by atoms with E-state index in [1.807, 2.05) is 0 Å². The van der Waals surface area contributed by atoms with Crippen LogP contribution in [0.5, 0.6) is 5.75 Å². The molecule has 0 spiro atoms. The minimum Gasteiger partial charge on any atom is -0.506 e. The van der Waals surface area contributed by atoms with Gasteiger partial charge in [0, 0.05) is 6.61 Å². The number of aromatic hydroxyl groups is 1. The molecule has 2 nitrogen and oxygen atoms in total. The average Bonchev–Trinajstić information content (AvgIpc) is 1.98. The lowest BCUT2D eigenvalue weighted by Crippen LogP contribution is -1.89. The van der Waals surface area contributed by atoms with Gasteiger partial charge in [0.15, 0.2) is 0 Å². The van der Waals surface area contributed by atoms with Gasteiger partial charge in [-0.1, -0.05) is 17.7 Å². The van der Waals surface area contributed by atoms with Crippen LogP contribution in [0.1, 0.15) is 5.56 Å². The number of aliphatic hydroxyl groups is 1. The number of halogens is 1. The summed E-state index contributed by atoms with van der Waals surface area (Å²) in [5.41, 5.74) is 0.884. The van der Waals surface area contributed by atoms with Crippen molar-refractivity contribution in [1.82, 2.24) is 0 Å². The van der Waals surface area contributed by atoms with E-state index in [4.69, 9.17) is 21.8 Å². The minimum absolute atomic E-state index is 0.0672. The van der Waals surface area contributed by atoms with Gasteiger partial charge >= 0.3 is 0 Å². The molecule has 1 aromatic rings. The number of aliphatic hydroxyl groups excluding tert-OH is 1. The molecule has 0 aliphatic carbocycles. The fraction of sp³-hybridized carbons (Fsp3) is 0.250. The SMILES string of the molecule is OCCc1ccc(Cl)c(O)c1. The molecule has 0 atom stereocenters. The molecule has 3 heteroatoms. The predicted molar refractivity (Wildman–Crippen MR) is 43.9 cm³/mol. The van der Waals surface area contributed by atoms with Crippen LogP contribution in [0.3, 0.4) is 0 Å². The summed E-state index contributed by atoms with van der Waals surface area (Å²) in [6.07, 6.45) is 0.546. The quantitative estimate of drug-likeness (QED) is 0.711. The van der Waals surface area contributed by atoms with Crippen LogP contribution in [0.25, 0.3) is 0 Å². The molecular weight excluding hydrogens is 164 g/mol. The van der Waals surface area contributed by atoms with E-state index in [1.165, 1.54) is 0 Å². The maximum atomic E-state index is 9.11. The summed E-state index contributed by atoms with van der Waals surface area (Å²) in [6, 6.07) is 4.94. The Balaban J connectivity index is 2.86. The van der Waals surface area contributed by atoms with Gasteiger partial charge in [0.25, 0.3) is 0 Å². The van der Waals surface area contributed by atoms with Gasteiger partial charge in [-0.2, -0.15) is 0 Å². The summed E-state index contributed by atoms with van der Waals surface area (Å²) in [6.45, 7) is 0.0844. The first kappa shape index (κ1) is 8.37. The Morgan fingerprint density at radius 3 is 2.64 bits per heavy atom. The topological polar surface area (TPSA) is 40.5 Å². The molecule has 0 amide bonds. The summed E-state index contributed by atoms with van der Waals surface area (Å²) in [5.74, 6) is 0.0672. The second-order valence-corrected chi connectivity index (χ2v) is 2.67. The van der Waals surface area contributed by atoms with E-state index < -0.39 is 0 Å². The van der Waals surface area contributed by atoms with Gasteiger partial charge in [0.05, 0.1) is 5.02 Å². The van der Waals surface area contributed by atoms with Gasteiger partial charge in [0.2, 0.25) is 0 Å². The summed E-state index contributed by atoms with van der Waals surface area (Å²) < 4.78 is 0. The lowest BCUT2D eigenvalue weighted by Gasteiger charge is -1.99. The zero-order valence-corrected chi connectivity index (χ0v) is 6.67. The average molecular weight is 173 g/mol. The molecule has 60 valence electrons. The number of hydrogen-bond acceptors (Lipinski definition) is 2.